The van der Waals surface area contributed by atoms with Crippen molar-refractivity contribution in [1.82, 2.24) is 9.88 Å². The standard InChI is InChI=1S/C12H14BrN3O2/c13-8-4-3-6-15-10(8)12(18)16-7-2-1-5-9(16)11(14)17/h3-4,6,9H,1-2,5,7H2,(H2,14,17). The number of rotatable bonds is 2. The summed E-state index contributed by atoms with van der Waals surface area (Å²) in [5.41, 5.74) is 5.67. The van der Waals surface area contributed by atoms with Crippen molar-refractivity contribution in [2.75, 3.05) is 6.54 Å². The van der Waals surface area contributed by atoms with Crippen molar-refractivity contribution in [2.45, 2.75) is 25.3 Å². The summed E-state index contributed by atoms with van der Waals surface area (Å²) in [6, 6.07) is 2.98. The van der Waals surface area contributed by atoms with E-state index in [0.717, 1.165) is 12.8 Å². The first-order valence-corrected chi connectivity index (χ1v) is 6.61. The summed E-state index contributed by atoms with van der Waals surface area (Å²) in [7, 11) is 0. The van der Waals surface area contributed by atoms with Crippen LogP contribution in [0.3, 0.4) is 0 Å². The molecule has 96 valence electrons. The monoisotopic (exact) mass is 311 g/mol. The third-order valence-electron chi connectivity index (χ3n) is 3.05. The highest BCUT2D eigenvalue weighted by molar-refractivity contribution is 9.10. The Hall–Kier alpha value is -1.43. The van der Waals surface area contributed by atoms with E-state index in [2.05, 4.69) is 20.9 Å². The van der Waals surface area contributed by atoms with E-state index in [9.17, 15) is 9.59 Å². The first-order chi connectivity index (χ1) is 8.61. The molecule has 1 fully saturated rings. The summed E-state index contributed by atoms with van der Waals surface area (Å²) < 4.78 is 0.629. The maximum Gasteiger partial charge on any atom is 0.274 e. The predicted octanol–water partition coefficient (Wildman–Crippen LogP) is 1.32. The van der Waals surface area contributed by atoms with Crippen LogP contribution in [-0.2, 0) is 4.79 Å². The van der Waals surface area contributed by atoms with Gasteiger partial charge in [0.15, 0.2) is 0 Å². The van der Waals surface area contributed by atoms with Crippen molar-refractivity contribution in [2.24, 2.45) is 5.73 Å². The van der Waals surface area contributed by atoms with Crippen molar-refractivity contribution in [3.8, 4) is 0 Å². The van der Waals surface area contributed by atoms with Gasteiger partial charge in [0.1, 0.15) is 11.7 Å². The van der Waals surface area contributed by atoms with Crippen molar-refractivity contribution in [3.05, 3.63) is 28.5 Å². The Morgan fingerprint density at radius 2 is 2.22 bits per heavy atom. The molecule has 1 unspecified atom stereocenters. The van der Waals surface area contributed by atoms with Crippen molar-refractivity contribution >= 4 is 27.7 Å². The first-order valence-electron chi connectivity index (χ1n) is 5.82. The average Bonchev–Trinajstić information content (AvgIpc) is 2.38. The van der Waals surface area contributed by atoms with Crippen LogP contribution in [0.4, 0.5) is 0 Å². The summed E-state index contributed by atoms with van der Waals surface area (Å²) >= 11 is 3.29. The lowest BCUT2D eigenvalue weighted by Crippen LogP contribution is -2.50. The molecule has 2 amide bonds. The highest BCUT2D eigenvalue weighted by Crippen LogP contribution is 2.22. The Balaban J connectivity index is 2.27. The molecular formula is C12H14BrN3O2. The Bertz CT molecular complexity index is 478. The minimum atomic E-state index is -0.514. The maximum absolute atomic E-state index is 12.4. The van der Waals surface area contributed by atoms with Crippen LogP contribution in [0.5, 0.6) is 0 Å². The second-order valence-electron chi connectivity index (χ2n) is 4.25. The highest BCUT2D eigenvalue weighted by Gasteiger charge is 2.32. The fraction of sp³-hybridized carbons (Fsp3) is 0.417. The van der Waals surface area contributed by atoms with Crippen LogP contribution < -0.4 is 5.73 Å². The number of carbonyl (C=O) groups is 2. The molecule has 0 saturated carbocycles. The molecule has 2 heterocycles. The Kier molecular flexibility index (Phi) is 3.96. The summed E-state index contributed by atoms with van der Waals surface area (Å²) in [5.74, 6) is -0.693. The van der Waals surface area contributed by atoms with Gasteiger partial charge in [-0.2, -0.15) is 0 Å². The van der Waals surface area contributed by atoms with Crippen molar-refractivity contribution in [1.29, 1.82) is 0 Å². The second-order valence-corrected chi connectivity index (χ2v) is 5.10. The molecule has 1 atom stereocenters. The van der Waals surface area contributed by atoms with Crippen molar-refractivity contribution < 1.29 is 9.59 Å². The third-order valence-corrected chi connectivity index (χ3v) is 3.69. The number of primary amides is 1. The van der Waals surface area contributed by atoms with E-state index < -0.39 is 11.9 Å². The van der Waals surface area contributed by atoms with Gasteiger partial charge in [0.2, 0.25) is 5.91 Å². The van der Waals surface area contributed by atoms with Gasteiger partial charge < -0.3 is 10.6 Å². The van der Waals surface area contributed by atoms with E-state index in [4.69, 9.17) is 5.73 Å². The topological polar surface area (TPSA) is 76.3 Å². The number of pyridine rings is 1. The Labute approximate surface area is 113 Å². The van der Waals surface area contributed by atoms with Gasteiger partial charge in [0.25, 0.3) is 5.91 Å². The molecule has 0 spiro atoms. The molecule has 2 rings (SSSR count). The van der Waals surface area contributed by atoms with Gasteiger partial charge in [-0.15, -0.1) is 0 Å². The molecule has 6 heteroatoms. The Morgan fingerprint density at radius 1 is 1.44 bits per heavy atom. The van der Waals surface area contributed by atoms with Gasteiger partial charge in [0.05, 0.1) is 0 Å². The molecule has 0 radical (unpaired) electrons. The van der Waals surface area contributed by atoms with E-state index in [0.29, 0.717) is 23.1 Å². The van der Waals surface area contributed by atoms with Crippen LogP contribution in [0.1, 0.15) is 29.8 Å². The molecule has 18 heavy (non-hydrogen) atoms. The number of piperidine rings is 1. The van der Waals surface area contributed by atoms with Crippen LogP contribution in [-0.4, -0.2) is 34.3 Å². The lowest BCUT2D eigenvalue weighted by molar-refractivity contribution is -0.123. The fourth-order valence-electron chi connectivity index (χ4n) is 2.15. The zero-order chi connectivity index (χ0) is 13.1. The van der Waals surface area contributed by atoms with Crippen LogP contribution in [0.15, 0.2) is 22.8 Å². The van der Waals surface area contributed by atoms with E-state index in [1.807, 2.05) is 0 Å². The molecule has 0 aromatic carbocycles. The van der Waals surface area contributed by atoms with Gasteiger partial charge in [0, 0.05) is 17.2 Å². The number of nitrogens with zero attached hydrogens (tertiary/aromatic N) is 2. The minimum absolute atomic E-state index is 0.244. The highest BCUT2D eigenvalue weighted by atomic mass is 79.9. The zero-order valence-corrected chi connectivity index (χ0v) is 11.4. The zero-order valence-electron chi connectivity index (χ0n) is 9.80. The van der Waals surface area contributed by atoms with E-state index in [1.165, 1.54) is 4.90 Å². The SMILES string of the molecule is NC(=O)C1CCCCN1C(=O)c1ncccc1Br. The van der Waals surface area contributed by atoms with Crippen LogP contribution in [0.2, 0.25) is 0 Å². The number of hydrogen-bond acceptors (Lipinski definition) is 3. The summed E-state index contributed by atoms with van der Waals surface area (Å²) in [6.45, 7) is 0.551. The number of halogens is 1. The number of nitrogens with two attached hydrogens (primary N) is 1. The molecule has 5 nitrogen and oxygen atoms in total. The van der Waals surface area contributed by atoms with Gasteiger partial charge in [-0.25, -0.2) is 4.98 Å². The largest absolute Gasteiger partial charge is 0.368 e. The Morgan fingerprint density at radius 3 is 2.89 bits per heavy atom. The molecular weight excluding hydrogens is 298 g/mol. The molecule has 1 saturated heterocycles. The number of carbonyl (C=O) groups excluding carboxylic acids is 2. The lowest BCUT2D eigenvalue weighted by atomic mass is 10.0. The van der Waals surface area contributed by atoms with Crippen LogP contribution in [0.25, 0.3) is 0 Å². The molecule has 0 aliphatic carbocycles. The average molecular weight is 312 g/mol. The molecule has 1 aromatic rings. The van der Waals surface area contributed by atoms with Gasteiger partial charge >= 0.3 is 0 Å². The maximum atomic E-state index is 12.4. The molecule has 2 N–H and O–H groups in total. The van der Waals surface area contributed by atoms with Crippen LogP contribution in [0, 0.1) is 0 Å². The molecule has 0 bridgehead atoms. The number of aromatic nitrogens is 1. The minimum Gasteiger partial charge on any atom is -0.368 e. The molecule has 1 aromatic heterocycles. The normalized spacial score (nSPS) is 19.6. The van der Waals surface area contributed by atoms with Crippen molar-refractivity contribution in [3.63, 3.8) is 0 Å². The predicted molar refractivity (Wildman–Crippen MR) is 69.8 cm³/mol. The smallest absolute Gasteiger partial charge is 0.274 e. The summed E-state index contributed by atoms with van der Waals surface area (Å²) in [6.07, 6.45) is 3.99. The first kappa shape index (κ1) is 13.0. The quantitative estimate of drug-likeness (QED) is 0.895. The summed E-state index contributed by atoms with van der Waals surface area (Å²) in [4.78, 5) is 29.3. The molecule has 1 aliphatic rings. The van der Waals surface area contributed by atoms with E-state index in [1.54, 1.807) is 18.3 Å². The summed E-state index contributed by atoms with van der Waals surface area (Å²) in [5, 5.41) is 0. The number of amides is 2. The fourth-order valence-corrected chi connectivity index (χ4v) is 2.57. The van der Waals surface area contributed by atoms with E-state index >= 15 is 0 Å². The van der Waals surface area contributed by atoms with Gasteiger partial charge in [-0.05, 0) is 47.3 Å². The third kappa shape index (κ3) is 2.53. The lowest BCUT2D eigenvalue weighted by Gasteiger charge is -2.33. The second kappa shape index (κ2) is 5.48. The number of likely N-dealkylation sites (tertiary alicyclic amines) is 1. The number of hydrogen-bond donors (Lipinski definition) is 1. The molecule has 1 aliphatic heterocycles. The van der Waals surface area contributed by atoms with Gasteiger partial charge in [-0.1, -0.05) is 0 Å². The van der Waals surface area contributed by atoms with E-state index in [-0.39, 0.29) is 5.91 Å². The van der Waals surface area contributed by atoms with Crippen LogP contribution >= 0.6 is 15.9 Å². The van der Waals surface area contributed by atoms with Gasteiger partial charge in [-0.3, -0.25) is 9.59 Å².